The van der Waals surface area contributed by atoms with Gasteiger partial charge in [-0.15, -0.1) is 12.4 Å². The average molecular weight is 575 g/mol. The number of hydrogen-bond acceptors (Lipinski definition) is 4. The molecule has 0 spiro atoms. The first-order chi connectivity index (χ1) is 18.1. The second-order valence-corrected chi connectivity index (χ2v) is 11.2. The van der Waals surface area contributed by atoms with Crippen LogP contribution in [-0.4, -0.2) is 24.5 Å². The first-order valence-corrected chi connectivity index (χ1v) is 13.0. The molecule has 0 saturated heterocycles. The summed E-state index contributed by atoms with van der Waals surface area (Å²) >= 11 is 6.42. The molecule has 3 aromatic carbocycles. The largest absolute Gasteiger partial charge is 0.355 e. The van der Waals surface area contributed by atoms with Crippen LogP contribution >= 0.6 is 24.0 Å². The summed E-state index contributed by atoms with van der Waals surface area (Å²) < 4.78 is 20.5. The summed E-state index contributed by atoms with van der Waals surface area (Å²) in [5, 5.41) is 3.24. The number of fused-ring (bicyclic) bond motifs is 1. The molecule has 4 rings (SSSR count). The van der Waals surface area contributed by atoms with Crippen LogP contribution in [0.1, 0.15) is 55.5 Å². The number of carbonyl (C=O) groups excluding carboxylic acids is 2. The van der Waals surface area contributed by atoms with Crippen molar-refractivity contribution < 1.29 is 18.7 Å². The van der Waals surface area contributed by atoms with Crippen LogP contribution in [0.15, 0.2) is 66.7 Å². The Morgan fingerprint density at radius 1 is 1.10 bits per heavy atom. The summed E-state index contributed by atoms with van der Waals surface area (Å²) in [6.45, 7) is 6.89. The number of rotatable bonds is 7. The van der Waals surface area contributed by atoms with Gasteiger partial charge in [0, 0.05) is 41.5 Å². The molecule has 3 aromatic rings. The summed E-state index contributed by atoms with van der Waals surface area (Å²) in [6, 6.07) is 19.3. The van der Waals surface area contributed by atoms with E-state index < -0.39 is 23.9 Å². The lowest BCUT2D eigenvalue weighted by Gasteiger charge is -2.31. The van der Waals surface area contributed by atoms with E-state index in [-0.39, 0.29) is 36.7 Å². The van der Waals surface area contributed by atoms with Crippen molar-refractivity contribution in [3.05, 3.63) is 99.8 Å². The van der Waals surface area contributed by atoms with Gasteiger partial charge in [-0.05, 0) is 40.8 Å². The van der Waals surface area contributed by atoms with Crippen LogP contribution in [0, 0.1) is 11.2 Å². The molecule has 1 aliphatic heterocycles. The van der Waals surface area contributed by atoms with Crippen LogP contribution in [0.3, 0.4) is 0 Å². The Hall–Kier alpha value is -2.97. The highest BCUT2D eigenvalue weighted by molar-refractivity contribution is 6.30. The van der Waals surface area contributed by atoms with Gasteiger partial charge < -0.3 is 20.7 Å². The van der Waals surface area contributed by atoms with Gasteiger partial charge in [-0.3, -0.25) is 9.59 Å². The fourth-order valence-electron chi connectivity index (χ4n) is 4.56. The van der Waals surface area contributed by atoms with E-state index in [1.807, 2.05) is 51.1 Å². The summed E-state index contributed by atoms with van der Waals surface area (Å²) in [7, 11) is 0. The average Bonchev–Trinajstić information content (AvgIpc) is 2.98. The molecule has 3 N–H and O–H groups in total. The predicted octanol–water partition coefficient (Wildman–Crippen LogP) is 5.93. The molecule has 2 amide bonds. The Labute approximate surface area is 240 Å². The Kier molecular flexibility index (Phi) is 10.1. The molecule has 0 aliphatic carbocycles. The van der Waals surface area contributed by atoms with Crippen LogP contribution in [0.4, 0.5) is 10.1 Å². The Bertz CT molecular complexity index is 1330. The number of ether oxygens (including phenoxy) is 1. The lowest BCUT2D eigenvalue weighted by Crippen LogP contribution is -2.45. The third-order valence-corrected chi connectivity index (χ3v) is 6.57. The zero-order valence-corrected chi connectivity index (χ0v) is 23.8. The molecule has 0 saturated carbocycles. The van der Waals surface area contributed by atoms with Crippen LogP contribution in [0.5, 0.6) is 0 Å². The fourth-order valence-corrected chi connectivity index (χ4v) is 4.74. The highest BCUT2D eigenvalue weighted by Gasteiger charge is 2.39. The molecular weight excluding hydrogens is 540 g/mol. The van der Waals surface area contributed by atoms with Crippen molar-refractivity contribution >= 4 is 41.5 Å². The number of hydrogen-bond donors (Lipinski definition) is 2. The van der Waals surface area contributed by atoms with Crippen LogP contribution in [0.25, 0.3) is 0 Å². The van der Waals surface area contributed by atoms with Crippen molar-refractivity contribution in [2.45, 2.75) is 52.5 Å². The summed E-state index contributed by atoms with van der Waals surface area (Å²) in [6.07, 6.45) is -1.95. The second-order valence-electron chi connectivity index (χ2n) is 10.7. The van der Waals surface area contributed by atoms with Gasteiger partial charge >= 0.3 is 0 Å². The maximum Gasteiger partial charge on any atom is 0.256 e. The van der Waals surface area contributed by atoms with Gasteiger partial charge in [0.1, 0.15) is 18.0 Å². The van der Waals surface area contributed by atoms with Crippen molar-refractivity contribution in [2.75, 3.05) is 11.4 Å². The van der Waals surface area contributed by atoms with Crippen molar-refractivity contribution in [3.63, 3.8) is 0 Å². The number of nitrogens with two attached hydrogens (primary N) is 1. The van der Waals surface area contributed by atoms with Gasteiger partial charge in [0.2, 0.25) is 5.91 Å². The van der Waals surface area contributed by atoms with Gasteiger partial charge in [0.15, 0.2) is 0 Å². The molecule has 1 aliphatic rings. The molecule has 2 atom stereocenters. The first-order valence-electron chi connectivity index (χ1n) is 12.6. The SMILES string of the molecule is CC(C)(C)CN1C(=O)[C@@H](CC(=O)NCc2ccccc2F)O[C@H](c2cccc(CN)c2)c2cc(Cl)ccc21.Cl. The molecule has 0 bridgehead atoms. The third-order valence-electron chi connectivity index (χ3n) is 6.33. The molecule has 6 nitrogen and oxygen atoms in total. The molecule has 0 unspecified atom stereocenters. The Morgan fingerprint density at radius 3 is 2.54 bits per heavy atom. The van der Waals surface area contributed by atoms with Crippen molar-refractivity contribution in [2.24, 2.45) is 11.1 Å². The zero-order valence-electron chi connectivity index (χ0n) is 22.2. The summed E-state index contributed by atoms with van der Waals surface area (Å²) in [5.41, 5.74) is 9.16. The topological polar surface area (TPSA) is 84.7 Å². The number of halogens is 3. The van der Waals surface area contributed by atoms with E-state index >= 15 is 0 Å². The number of nitrogens with zero attached hydrogens (tertiary/aromatic N) is 1. The molecule has 208 valence electrons. The number of carbonyl (C=O) groups is 2. The van der Waals surface area contributed by atoms with E-state index in [2.05, 4.69) is 5.32 Å². The van der Waals surface area contributed by atoms with E-state index in [0.29, 0.717) is 29.4 Å². The van der Waals surface area contributed by atoms with Crippen LogP contribution in [0.2, 0.25) is 5.02 Å². The predicted molar refractivity (Wildman–Crippen MR) is 154 cm³/mol. The second kappa shape index (κ2) is 12.9. The fraction of sp³-hybridized carbons (Fsp3) is 0.333. The summed E-state index contributed by atoms with van der Waals surface area (Å²) in [4.78, 5) is 28.6. The molecular formula is C30H34Cl2FN3O3. The number of benzene rings is 3. The molecule has 39 heavy (non-hydrogen) atoms. The van der Waals surface area contributed by atoms with Crippen molar-refractivity contribution in [1.82, 2.24) is 5.32 Å². The van der Waals surface area contributed by atoms with E-state index in [0.717, 1.165) is 16.7 Å². The van der Waals surface area contributed by atoms with Gasteiger partial charge in [-0.1, -0.05) is 74.8 Å². The third kappa shape index (κ3) is 7.57. The minimum absolute atomic E-state index is 0. The molecule has 9 heteroatoms. The molecule has 0 fully saturated rings. The van der Waals surface area contributed by atoms with Crippen molar-refractivity contribution in [3.8, 4) is 0 Å². The Balaban J connectivity index is 0.00000420. The van der Waals surface area contributed by atoms with Gasteiger partial charge in [0.25, 0.3) is 5.91 Å². The quantitative estimate of drug-likeness (QED) is 0.366. The van der Waals surface area contributed by atoms with E-state index in [4.69, 9.17) is 22.1 Å². The smallest absolute Gasteiger partial charge is 0.256 e. The minimum Gasteiger partial charge on any atom is -0.355 e. The van der Waals surface area contributed by atoms with E-state index in [1.165, 1.54) is 6.07 Å². The standard InChI is InChI=1S/C30H33ClFN3O3.ClH/c1-30(2,3)18-35-25-12-11-22(31)14-23(25)28(20-9-6-7-19(13-20)16-33)38-26(29(35)37)15-27(36)34-17-21-8-4-5-10-24(21)32;/h4-14,26,28H,15-18,33H2,1-3H3,(H,34,36);1H/t26-,28-;/m1./s1. The maximum atomic E-state index is 14.1. The Morgan fingerprint density at radius 2 is 1.85 bits per heavy atom. The van der Waals surface area contributed by atoms with Gasteiger partial charge in [-0.2, -0.15) is 0 Å². The van der Waals surface area contributed by atoms with Crippen LogP contribution < -0.4 is 16.0 Å². The van der Waals surface area contributed by atoms with E-state index in [9.17, 15) is 14.0 Å². The summed E-state index contributed by atoms with van der Waals surface area (Å²) in [5.74, 6) is -1.14. The number of nitrogens with one attached hydrogen (secondary N) is 1. The van der Waals surface area contributed by atoms with Crippen LogP contribution in [-0.2, 0) is 27.4 Å². The van der Waals surface area contributed by atoms with Gasteiger partial charge in [0.05, 0.1) is 6.42 Å². The van der Waals surface area contributed by atoms with E-state index in [1.54, 1.807) is 35.2 Å². The highest BCUT2D eigenvalue weighted by atomic mass is 35.5. The van der Waals surface area contributed by atoms with Gasteiger partial charge in [-0.25, -0.2) is 4.39 Å². The molecule has 1 heterocycles. The molecule has 0 aromatic heterocycles. The monoisotopic (exact) mass is 573 g/mol. The lowest BCUT2D eigenvalue weighted by atomic mass is 9.94. The highest BCUT2D eigenvalue weighted by Crippen LogP contribution is 2.41. The zero-order chi connectivity index (χ0) is 27.4. The number of anilines is 1. The normalized spacial score (nSPS) is 17.2. The minimum atomic E-state index is -1.07. The van der Waals surface area contributed by atoms with Crippen molar-refractivity contribution in [1.29, 1.82) is 0 Å². The molecule has 0 radical (unpaired) electrons. The number of amides is 2. The maximum absolute atomic E-state index is 14.1. The first kappa shape index (κ1) is 30.6. The lowest BCUT2D eigenvalue weighted by molar-refractivity contribution is -0.138.